The molecule has 2 amide bonds. The van der Waals surface area contributed by atoms with Crippen LogP contribution < -0.4 is 21.4 Å². The van der Waals surface area contributed by atoms with Gasteiger partial charge in [-0.05, 0) is 148 Å². The number of aryl methyl sites for hydroxylation is 2. The molecule has 9 rings (SSSR count). The Hall–Kier alpha value is -7.24. The SMILES string of the molecule is CCOP(=O)(O)OCC(CCCCNC(=O)c1cc(Cl)c(-c2c3ccc(=N)cc-3oc3cc4c(cc23)CCCC4)c(C(=O)O)c1Cl)COP(=O)(O)OCCOCCOP(=O)(O)OCCOCCOCCOCCOCCOP(=O)(O)OCCCCCNC(=O)c1ccc(-c2c3ccc(=O)cc-3oc3cc(O)ccc23)c(C(=O)O)c1. The number of benzene rings is 6. The number of carboxylic acids is 2. The second-order valence-electron chi connectivity index (χ2n) is 25.7. The van der Waals surface area contributed by atoms with Crippen LogP contribution in [0.1, 0.15) is 111 Å². The Balaban J connectivity index is 0.565. The van der Waals surface area contributed by atoms with Crippen molar-refractivity contribution >= 4 is 100 Å². The normalized spacial score (nSPS) is 14.8. The fraction of sp³-hybridized carbons (Fsp3) is 0.432. The lowest BCUT2D eigenvalue weighted by atomic mass is 9.85. The molecular weight excluding hydrogens is 1620 g/mol. The number of carboxylic acid groups (broad SMARTS) is 2. The Kier molecular flexibility index (Phi) is 34.8. The maximum absolute atomic E-state index is 13.7. The van der Waals surface area contributed by atoms with Gasteiger partial charge in [-0.1, -0.05) is 35.7 Å². The van der Waals surface area contributed by atoms with Gasteiger partial charge >= 0.3 is 43.2 Å². The first-order chi connectivity index (χ1) is 54.5. The molecule has 34 nitrogen and oxygen atoms in total. The van der Waals surface area contributed by atoms with Crippen molar-refractivity contribution in [3.63, 3.8) is 0 Å². The van der Waals surface area contributed by atoms with E-state index in [0.29, 0.717) is 70.1 Å². The zero-order chi connectivity index (χ0) is 82.0. The van der Waals surface area contributed by atoms with Gasteiger partial charge in [0.15, 0.2) is 5.43 Å². The van der Waals surface area contributed by atoms with Gasteiger partial charge in [0.25, 0.3) is 11.8 Å². The highest BCUT2D eigenvalue weighted by Gasteiger charge is 2.33. The fourth-order valence-corrected chi connectivity index (χ4v) is 15.9. The number of phosphoric ester groups is 4. The first-order valence-electron chi connectivity index (χ1n) is 36.4. The number of amides is 2. The number of ether oxygens (including phenoxy) is 5. The van der Waals surface area contributed by atoms with Crippen LogP contribution in [-0.2, 0) is 91.0 Å². The topological polar surface area (TPSA) is 489 Å². The lowest BCUT2D eigenvalue weighted by Crippen LogP contribution is -2.26. The molecule has 0 saturated heterocycles. The minimum absolute atomic E-state index is 0.0219. The first kappa shape index (κ1) is 90.7. The molecule has 5 atom stereocenters. The smallest absolute Gasteiger partial charge is 0.472 e. The largest absolute Gasteiger partial charge is 0.508 e. The average molecular weight is 1710 g/mol. The Morgan fingerprint density at radius 1 is 0.491 bits per heavy atom. The van der Waals surface area contributed by atoms with Crippen LogP contribution in [0, 0.1) is 11.3 Å². The standard InChI is InChI=1S/C74H89Cl2N3O31P4/c1-2-101-111(88,89)107-45-47(10-6-8-22-79-72(83)60-44-61(75)68(69(70(60)76)74(86)87)67-57-18-14-51(77)41-63(57)109-62-40-49-12-5-4-11-48(49)38-59(62)67)46-108-114(94,95)106-37-33-100-32-36-105-113(92,93)104-35-31-99-29-27-97-25-24-96-26-28-98-30-34-103-112(90,91)102-23-9-3-7-21-78-71(82)50-13-17-54(58(39-50)73(84)85)66-55-19-15-52(80)42-64(55)110-65-43-53(81)16-20-56(65)66/h13-20,38-44,47,77,80H,2-12,21-37,45-46H2,1H3,(H,78,82)(H,79,83)(H,84,85)(H,86,87)(H,88,89)(H,90,91)(H,92,93)(H,94,95). The predicted molar refractivity (Wildman–Crippen MR) is 413 cm³/mol. The van der Waals surface area contributed by atoms with Gasteiger partial charge in [0.05, 0.1) is 151 Å². The van der Waals surface area contributed by atoms with Crippen LogP contribution in [0.15, 0.2) is 105 Å². The number of aromatic carboxylic acids is 2. The van der Waals surface area contributed by atoms with Crippen molar-refractivity contribution in [2.24, 2.45) is 5.92 Å². The molecule has 3 aliphatic carbocycles. The van der Waals surface area contributed by atoms with E-state index in [1.165, 1.54) is 67.6 Å². The van der Waals surface area contributed by atoms with Gasteiger partial charge in [0.2, 0.25) is 0 Å². The number of hydrogen-bond donors (Lipinski definition) is 10. The molecule has 2 aliphatic heterocycles. The van der Waals surface area contributed by atoms with E-state index in [-0.39, 0.29) is 184 Å². The highest BCUT2D eigenvalue weighted by Crippen LogP contribution is 2.50. The summed E-state index contributed by atoms with van der Waals surface area (Å²) in [6.07, 6.45) is 5.69. The summed E-state index contributed by atoms with van der Waals surface area (Å²) >= 11 is 13.8. The summed E-state index contributed by atoms with van der Waals surface area (Å²) in [5, 5.41) is 45.5. The van der Waals surface area contributed by atoms with E-state index in [0.717, 1.165) is 36.8 Å². The Bertz CT molecular complexity index is 4910. The summed E-state index contributed by atoms with van der Waals surface area (Å²) in [7, 11) is -18.2. The number of carbonyl (C=O) groups is 4. The third kappa shape index (κ3) is 27.2. The molecule has 5 unspecified atom stereocenters. The number of phosphoric acid groups is 4. The van der Waals surface area contributed by atoms with Crippen LogP contribution in [0.25, 0.3) is 66.8 Å². The van der Waals surface area contributed by atoms with Gasteiger partial charge in [-0.3, -0.25) is 50.6 Å². The van der Waals surface area contributed by atoms with Crippen LogP contribution in [0.3, 0.4) is 0 Å². The van der Waals surface area contributed by atoms with Crippen LogP contribution in [-0.4, -0.2) is 191 Å². The third-order valence-electron chi connectivity index (χ3n) is 17.5. The fourth-order valence-electron chi connectivity index (χ4n) is 12.2. The number of unbranched alkanes of at least 4 members (excludes halogenated alkanes) is 3. The molecule has 0 saturated carbocycles. The van der Waals surface area contributed by atoms with E-state index in [4.69, 9.17) is 97.3 Å². The number of aromatic hydroxyl groups is 1. The maximum Gasteiger partial charge on any atom is 0.472 e. The Morgan fingerprint density at radius 3 is 1.57 bits per heavy atom. The van der Waals surface area contributed by atoms with Crippen molar-refractivity contribution < 1.29 is 141 Å². The van der Waals surface area contributed by atoms with Gasteiger partial charge in [0.1, 0.15) is 28.4 Å². The zero-order valence-electron chi connectivity index (χ0n) is 61.9. The quantitative estimate of drug-likeness (QED) is 0.00961. The van der Waals surface area contributed by atoms with Crippen LogP contribution in [0.2, 0.25) is 10.0 Å². The van der Waals surface area contributed by atoms with E-state index in [2.05, 4.69) is 10.6 Å². The molecule has 10 N–H and O–H groups in total. The molecule has 0 aromatic heterocycles. The van der Waals surface area contributed by atoms with Crippen molar-refractivity contribution in [2.75, 3.05) is 132 Å². The van der Waals surface area contributed by atoms with Gasteiger partial charge in [0, 0.05) is 81.4 Å². The predicted octanol–water partition coefficient (Wildman–Crippen LogP) is 12.6. The lowest BCUT2D eigenvalue weighted by molar-refractivity contribution is -0.00963. The van der Waals surface area contributed by atoms with Gasteiger partial charge in [-0.25, -0.2) is 27.8 Å². The molecule has 40 heteroatoms. The van der Waals surface area contributed by atoms with E-state index >= 15 is 0 Å². The van der Waals surface area contributed by atoms with Gasteiger partial charge in [-0.2, -0.15) is 0 Å². The molecule has 0 radical (unpaired) electrons. The number of carbonyl (C=O) groups excluding carboxylic acids is 2. The highest BCUT2D eigenvalue weighted by atomic mass is 35.5. The molecule has 4 aromatic carbocycles. The third-order valence-corrected chi connectivity index (χ3v) is 22.3. The second kappa shape index (κ2) is 43.8. The lowest BCUT2D eigenvalue weighted by Gasteiger charge is -2.22. The Morgan fingerprint density at radius 2 is 0.991 bits per heavy atom. The minimum Gasteiger partial charge on any atom is -0.508 e. The van der Waals surface area contributed by atoms with Crippen molar-refractivity contribution in [1.82, 2.24) is 10.6 Å². The first-order valence-corrected chi connectivity index (χ1v) is 43.1. The van der Waals surface area contributed by atoms with E-state index in [1.54, 1.807) is 18.2 Å². The maximum atomic E-state index is 13.7. The number of phenols is 1. The second-order valence-corrected chi connectivity index (χ2v) is 32.3. The van der Waals surface area contributed by atoms with E-state index < -0.39 is 93.0 Å². The minimum atomic E-state index is -4.77. The van der Waals surface area contributed by atoms with Gasteiger partial charge in [-0.15, -0.1) is 0 Å². The van der Waals surface area contributed by atoms with Crippen molar-refractivity contribution in [3.05, 3.63) is 150 Å². The average Bonchev–Trinajstić information content (AvgIpc) is 0.869. The van der Waals surface area contributed by atoms with Crippen molar-refractivity contribution in [3.8, 4) is 50.7 Å². The molecule has 0 fully saturated rings. The summed E-state index contributed by atoms with van der Waals surface area (Å²) in [6.45, 7) is -0.644. The molecule has 5 aliphatic rings. The summed E-state index contributed by atoms with van der Waals surface area (Å²) in [5.74, 6) is -4.40. The molecule has 0 spiro atoms. The number of rotatable bonds is 51. The highest BCUT2D eigenvalue weighted by molar-refractivity contribution is 7.48. The molecule has 2 heterocycles. The number of halogens is 2. The van der Waals surface area contributed by atoms with Gasteiger partial charge < -0.3 is 83.5 Å². The summed E-state index contributed by atoms with van der Waals surface area (Å²) < 4.78 is 129. The molecule has 0 bridgehead atoms. The summed E-state index contributed by atoms with van der Waals surface area (Å²) in [4.78, 5) is 105. The van der Waals surface area contributed by atoms with E-state index in [1.807, 2.05) is 12.1 Å². The molecule has 114 heavy (non-hydrogen) atoms. The molecule has 620 valence electrons. The number of nitrogens with one attached hydrogen (secondary N) is 3. The number of fused-ring (bicyclic) bond motifs is 5. The summed E-state index contributed by atoms with van der Waals surface area (Å²) in [6, 6.07) is 22.6. The van der Waals surface area contributed by atoms with E-state index in [9.17, 15) is 77.1 Å². The summed E-state index contributed by atoms with van der Waals surface area (Å²) in [5.41, 5.74) is 3.95. The number of hydrogen-bond acceptors (Lipinski definition) is 26. The van der Waals surface area contributed by atoms with Crippen molar-refractivity contribution in [2.45, 2.75) is 71.1 Å². The Labute approximate surface area is 663 Å². The monoisotopic (exact) mass is 1710 g/mol. The van der Waals surface area contributed by atoms with Crippen LogP contribution >= 0.6 is 54.5 Å². The molecule has 4 aromatic rings. The molecular formula is C74H89Cl2N3O31P4. The number of phenolic OH excluding ortho intramolecular Hbond substituents is 1. The van der Waals surface area contributed by atoms with Crippen LogP contribution in [0.4, 0.5) is 0 Å². The van der Waals surface area contributed by atoms with Crippen LogP contribution in [0.5, 0.6) is 5.75 Å². The van der Waals surface area contributed by atoms with Crippen molar-refractivity contribution in [1.29, 1.82) is 5.41 Å². The zero-order valence-corrected chi connectivity index (χ0v) is 67.0.